The first-order valence-corrected chi connectivity index (χ1v) is 11.7. The first kappa shape index (κ1) is 23.9. The fraction of sp³-hybridized carbons (Fsp3) is 0.462. The maximum atomic E-state index is 13.3. The molecule has 1 amide bonds. The molecule has 2 atom stereocenters. The molecule has 182 valence electrons. The number of ether oxygens (including phenoxy) is 3. The Balaban J connectivity index is 1.90. The van der Waals surface area contributed by atoms with Crippen molar-refractivity contribution in [2.45, 2.75) is 44.2 Å². The number of rotatable bonds is 6. The van der Waals surface area contributed by atoms with Crippen LogP contribution in [0.4, 0.5) is 5.69 Å². The van der Waals surface area contributed by atoms with Gasteiger partial charge in [0, 0.05) is 18.2 Å². The summed E-state index contributed by atoms with van der Waals surface area (Å²) in [6, 6.07) is 6.92. The van der Waals surface area contributed by atoms with E-state index in [4.69, 9.17) is 14.2 Å². The standard InChI is InChI=1S/C26H33N3O5/c1-27-18-10-8-15-13-22(32-2)24(33-3)25(34-4)23(15)16-9-11-19(21(30)14-17(16)18)29-20-7-5-6-12-28-26(20)31/h9,11,13-14,18,20,27H,5-8,10,12H2,1-4H3,(H,28,31)(H,29,30)/t18-,20+/m0/s1. The number of methoxy groups -OCH3 is 3. The number of amides is 1. The molecule has 2 aromatic carbocycles. The lowest BCUT2D eigenvalue weighted by atomic mass is 9.95. The highest BCUT2D eigenvalue weighted by atomic mass is 16.5. The van der Waals surface area contributed by atoms with Crippen molar-refractivity contribution in [2.24, 2.45) is 0 Å². The van der Waals surface area contributed by atoms with Crippen LogP contribution in [0, 0.1) is 0 Å². The van der Waals surface area contributed by atoms with Crippen molar-refractivity contribution in [3.05, 3.63) is 45.6 Å². The fourth-order valence-electron chi connectivity index (χ4n) is 5.00. The highest BCUT2D eigenvalue weighted by molar-refractivity contribution is 5.85. The minimum atomic E-state index is -0.427. The van der Waals surface area contributed by atoms with E-state index >= 15 is 0 Å². The Morgan fingerprint density at radius 3 is 2.44 bits per heavy atom. The number of carbonyl (C=O) groups excluding carboxylic acids is 1. The summed E-state index contributed by atoms with van der Waals surface area (Å²) in [6.07, 6.45) is 4.13. The van der Waals surface area contributed by atoms with Gasteiger partial charge in [0.25, 0.3) is 0 Å². The second-order valence-corrected chi connectivity index (χ2v) is 8.67. The summed E-state index contributed by atoms with van der Waals surface area (Å²) in [5.74, 6) is 1.63. The van der Waals surface area contributed by atoms with E-state index in [1.54, 1.807) is 33.5 Å². The van der Waals surface area contributed by atoms with Crippen LogP contribution in [0.3, 0.4) is 0 Å². The van der Waals surface area contributed by atoms with E-state index in [9.17, 15) is 9.59 Å². The molecule has 2 aliphatic rings. The molecule has 1 saturated heterocycles. The highest BCUT2D eigenvalue weighted by Gasteiger charge is 2.29. The van der Waals surface area contributed by atoms with Crippen molar-refractivity contribution < 1.29 is 19.0 Å². The normalized spacial score (nSPS) is 19.6. The van der Waals surface area contributed by atoms with E-state index in [1.165, 1.54) is 0 Å². The van der Waals surface area contributed by atoms with E-state index in [2.05, 4.69) is 16.0 Å². The van der Waals surface area contributed by atoms with Gasteiger partial charge in [-0.1, -0.05) is 6.07 Å². The fourth-order valence-corrected chi connectivity index (χ4v) is 5.00. The van der Waals surface area contributed by atoms with Crippen molar-refractivity contribution in [1.29, 1.82) is 0 Å². The van der Waals surface area contributed by atoms with Gasteiger partial charge in [0.1, 0.15) is 6.04 Å². The molecule has 1 aliphatic heterocycles. The van der Waals surface area contributed by atoms with Crippen molar-refractivity contribution in [3.8, 4) is 28.4 Å². The maximum Gasteiger partial charge on any atom is 0.242 e. The summed E-state index contributed by atoms with van der Waals surface area (Å²) < 4.78 is 17.0. The van der Waals surface area contributed by atoms with Crippen LogP contribution in [0.2, 0.25) is 0 Å². The Morgan fingerprint density at radius 2 is 1.74 bits per heavy atom. The zero-order valence-electron chi connectivity index (χ0n) is 20.2. The van der Waals surface area contributed by atoms with Crippen LogP contribution in [-0.4, -0.2) is 46.9 Å². The van der Waals surface area contributed by atoms with Crippen LogP contribution < -0.4 is 35.6 Å². The largest absolute Gasteiger partial charge is 0.493 e. The molecule has 8 heteroatoms. The van der Waals surface area contributed by atoms with Crippen molar-refractivity contribution in [2.75, 3.05) is 40.2 Å². The average Bonchev–Trinajstić information content (AvgIpc) is 3.21. The zero-order chi connectivity index (χ0) is 24.2. The van der Waals surface area contributed by atoms with Crippen LogP contribution in [0.25, 0.3) is 11.1 Å². The third-order valence-corrected chi connectivity index (χ3v) is 6.75. The van der Waals surface area contributed by atoms with E-state index in [-0.39, 0.29) is 17.4 Å². The van der Waals surface area contributed by atoms with Gasteiger partial charge in [-0.25, -0.2) is 0 Å². The lowest BCUT2D eigenvalue weighted by Crippen LogP contribution is -2.38. The number of hydrogen-bond acceptors (Lipinski definition) is 7. The van der Waals surface area contributed by atoms with Crippen molar-refractivity contribution >= 4 is 11.6 Å². The molecule has 34 heavy (non-hydrogen) atoms. The minimum Gasteiger partial charge on any atom is -0.493 e. The number of nitrogens with one attached hydrogen (secondary N) is 3. The van der Waals surface area contributed by atoms with Gasteiger partial charge in [-0.05, 0) is 74.0 Å². The minimum absolute atomic E-state index is 0.0294. The zero-order valence-corrected chi connectivity index (χ0v) is 20.2. The van der Waals surface area contributed by atoms with Crippen molar-refractivity contribution in [1.82, 2.24) is 10.6 Å². The molecular formula is C26H33N3O5. The second kappa shape index (κ2) is 10.3. The number of fused-ring (bicyclic) bond motifs is 3. The summed E-state index contributed by atoms with van der Waals surface area (Å²) >= 11 is 0. The average molecular weight is 468 g/mol. The van der Waals surface area contributed by atoms with E-state index < -0.39 is 6.04 Å². The monoisotopic (exact) mass is 467 g/mol. The highest BCUT2D eigenvalue weighted by Crippen LogP contribution is 2.50. The van der Waals surface area contributed by atoms with Crippen LogP contribution >= 0.6 is 0 Å². The SMILES string of the molecule is CN[C@H]1CCc2cc(OC)c(OC)c(OC)c2-c2ccc(N[C@@H]3CCCCNC3=O)c(=O)cc21. The molecule has 3 N–H and O–H groups in total. The molecule has 0 saturated carbocycles. The Labute approximate surface area is 200 Å². The Morgan fingerprint density at radius 1 is 0.941 bits per heavy atom. The molecule has 8 nitrogen and oxygen atoms in total. The van der Waals surface area contributed by atoms with Crippen LogP contribution in [-0.2, 0) is 11.2 Å². The second-order valence-electron chi connectivity index (χ2n) is 8.67. The Kier molecular flexibility index (Phi) is 7.26. The molecule has 0 bridgehead atoms. The topological polar surface area (TPSA) is 97.9 Å². The summed E-state index contributed by atoms with van der Waals surface area (Å²) in [5.41, 5.74) is 3.98. The molecule has 2 aromatic rings. The predicted octanol–water partition coefficient (Wildman–Crippen LogP) is 3.03. The lowest BCUT2D eigenvalue weighted by Gasteiger charge is -2.19. The van der Waals surface area contributed by atoms with Gasteiger partial charge in [-0.15, -0.1) is 0 Å². The maximum absolute atomic E-state index is 13.3. The first-order valence-electron chi connectivity index (χ1n) is 11.7. The summed E-state index contributed by atoms with van der Waals surface area (Å²) in [7, 11) is 6.70. The first-order chi connectivity index (χ1) is 16.5. The molecule has 0 spiro atoms. The third kappa shape index (κ3) is 4.42. The quantitative estimate of drug-likeness (QED) is 0.601. The number of anilines is 1. The number of benzene rings is 1. The molecule has 0 radical (unpaired) electrons. The van der Waals surface area contributed by atoms with Gasteiger partial charge in [0.05, 0.1) is 27.0 Å². The van der Waals surface area contributed by atoms with E-state index in [1.807, 2.05) is 19.2 Å². The van der Waals surface area contributed by atoms with Crippen LogP contribution in [0.5, 0.6) is 17.2 Å². The molecule has 1 fully saturated rings. The van der Waals surface area contributed by atoms with Crippen LogP contribution in [0.15, 0.2) is 29.1 Å². The lowest BCUT2D eigenvalue weighted by molar-refractivity contribution is -0.121. The molecule has 0 aromatic heterocycles. The molecule has 1 aliphatic carbocycles. The van der Waals surface area contributed by atoms with Gasteiger partial charge in [-0.2, -0.15) is 0 Å². The smallest absolute Gasteiger partial charge is 0.242 e. The number of carbonyl (C=O) groups is 1. The van der Waals surface area contributed by atoms with E-state index in [0.29, 0.717) is 35.9 Å². The van der Waals surface area contributed by atoms with Gasteiger partial charge in [0.2, 0.25) is 17.1 Å². The van der Waals surface area contributed by atoms with Gasteiger partial charge < -0.3 is 30.2 Å². The molecular weight excluding hydrogens is 434 g/mol. The number of hydrogen-bond donors (Lipinski definition) is 3. The summed E-state index contributed by atoms with van der Waals surface area (Å²) in [4.78, 5) is 25.8. The number of aryl methyl sites for hydroxylation is 1. The molecule has 4 rings (SSSR count). The van der Waals surface area contributed by atoms with Gasteiger partial charge in [0.15, 0.2) is 11.5 Å². The summed E-state index contributed by atoms with van der Waals surface area (Å²) in [6.45, 7) is 0.670. The predicted molar refractivity (Wildman–Crippen MR) is 132 cm³/mol. The van der Waals surface area contributed by atoms with Crippen LogP contribution in [0.1, 0.15) is 42.9 Å². The van der Waals surface area contributed by atoms with E-state index in [0.717, 1.165) is 47.9 Å². The molecule has 1 heterocycles. The Hall–Kier alpha value is -3.26. The molecule has 0 unspecified atom stereocenters. The van der Waals surface area contributed by atoms with Gasteiger partial charge >= 0.3 is 0 Å². The van der Waals surface area contributed by atoms with Gasteiger partial charge in [-0.3, -0.25) is 9.59 Å². The Bertz CT molecular complexity index is 1130. The third-order valence-electron chi connectivity index (χ3n) is 6.75. The summed E-state index contributed by atoms with van der Waals surface area (Å²) in [5, 5.41) is 9.48. The van der Waals surface area contributed by atoms with Crippen molar-refractivity contribution in [3.63, 3.8) is 0 Å².